The van der Waals surface area contributed by atoms with E-state index in [0.717, 1.165) is 0 Å². The second kappa shape index (κ2) is 6.75. The predicted molar refractivity (Wildman–Crippen MR) is 81.0 cm³/mol. The van der Waals surface area contributed by atoms with Crippen LogP contribution in [-0.4, -0.2) is 18.5 Å². The third-order valence-electron chi connectivity index (χ3n) is 2.69. The van der Waals surface area contributed by atoms with Gasteiger partial charge < -0.3 is 10.5 Å². The lowest BCUT2D eigenvalue weighted by Crippen LogP contribution is -2.27. The molecular weight excluding hydrogens is 278 g/mol. The van der Waals surface area contributed by atoms with Gasteiger partial charge in [0.05, 0.1) is 0 Å². The summed E-state index contributed by atoms with van der Waals surface area (Å²) in [4.78, 5) is 11.1. The lowest BCUT2D eigenvalue weighted by Gasteiger charge is -2.13. The molecule has 1 aromatic heterocycles. The van der Waals surface area contributed by atoms with Crippen LogP contribution in [-0.2, 0) is 15.3 Å². The SMILES string of the molecule is CO[C@@H](SCc1ccccc1-c1ccsc1)C(N)=O. The number of carbonyl (C=O) groups is 1. The van der Waals surface area contributed by atoms with Crippen molar-refractivity contribution in [1.29, 1.82) is 0 Å². The second-order valence-electron chi connectivity index (χ2n) is 3.95. The monoisotopic (exact) mass is 293 g/mol. The van der Waals surface area contributed by atoms with Gasteiger partial charge in [0.25, 0.3) is 5.91 Å². The second-order valence-corrected chi connectivity index (χ2v) is 5.78. The Morgan fingerprint density at radius 3 is 2.84 bits per heavy atom. The highest BCUT2D eigenvalue weighted by Gasteiger charge is 2.15. The summed E-state index contributed by atoms with van der Waals surface area (Å²) in [5.41, 5.74) is 8.23. The number of rotatable bonds is 6. The van der Waals surface area contributed by atoms with Gasteiger partial charge in [-0.1, -0.05) is 24.3 Å². The van der Waals surface area contributed by atoms with Crippen molar-refractivity contribution in [3.8, 4) is 11.1 Å². The lowest BCUT2D eigenvalue weighted by molar-refractivity contribution is -0.123. The summed E-state index contributed by atoms with van der Waals surface area (Å²) in [6.07, 6.45) is 0. The minimum absolute atomic E-state index is 0.444. The van der Waals surface area contributed by atoms with Gasteiger partial charge in [-0.2, -0.15) is 11.3 Å². The van der Waals surface area contributed by atoms with Gasteiger partial charge in [-0.3, -0.25) is 4.79 Å². The molecule has 1 heterocycles. The maximum Gasteiger partial charge on any atom is 0.257 e. The number of nitrogens with two attached hydrogens (primary N) is 1. The first-order chi connectivity index (χ1) is 9.22. The van der Waals surface area contributed by atoms with E-state index < -0.39 is 11.3 Å². The van der Waals surface area contributed by atoms with Crippen LogP contribution in [0.3, 0.4) is 0 Å². The van der Waals surface area contributed by atoms with Crippen molar-refractivity contribution in [2.75, 3.05) is 7.11 Å². The molecule has 0 saturated carbocycles. The normalized spacial score (nSPS) is 12.3. The van der Waals surface area contributed by atoms with E-state index in [9.17, 15) is 4.79 Å². The Balaban J connectivity index is 2.15. The number of amides is 1. The van der Waals surface area contributed by atoms with Gasteiger partial charge in [-0.05, 0) is 33.5 Å². The molecular formula is C14H15NO2S2. The molecule has 0 spiro atoms. The van der Waals surface area contributed by atoms with E-state index in [4.69, 9.17) is 10.5 Å². The summed E-state index contributed by atoms with van der Waals surface area (Å²) in [5, 5.41) is 4.17. The standard InChI is InChI=1S/C14H15NO2S2/c1-17-14(13(15)16)19-9-10-4-2-3-5-12(10)11-6-7-18-8-11/h2-8,14H,9H2,1H3,(H2,15,16)/t14-/m0/s1. The van der Waals surface area contributed by atoms with Gasteiger partial charge in [0.1, 0.15) is 0 Å². The molecule has 3 nitrogen and oxygen atoms in total. The lowest BCUT2D eigenvalue weighted by atomic mass is 10.0. The van der Waals surface area contributed by atoms with Crippen LogP contribution in [0.1, 0.15) is 5.56 Å². The fraction of sp³-hybridized carbons (Fsp3) is 0.214. The molecule has 5 heteroatoms. The first kappa shape index (κ1) is 14.1. The molecule has 2 N–H and O–H groups in total. The van der Waals surface area contributed by atoms with E-state index in [-0.39, 0.29) is 0 Å². The molecule has 2 rings (SSSR count). The van der Waals surface area contributed by atoms with E-state index in [1.54, 1.807) is 11.3 Å². The largest absolute Gasteiger partial charge is 0.367 e. The number of benzene rings is 1. The number of carbonyl (C=O) groups excluding carboxylic acids is 1. The summed E-state index contributed by atoms with van der Waals surface area (Å²) < 4.78 is 5.05. The third kappa shape index (κ3) is 3.59. The zero-order valence-electron chi connectivity index (χ0n) is 10.5. The van der Waals surface area contributed by atoms with Gasteiger partial charge >= 0.3 is 0 Å². The third-order valence-corrected chi connectivity index (χ3v) is 4.57. The zero-order valence-corrected chi connectivity index (χ0v) is 12.2. The van der Waals surface area contributed by atoms with Crippen molar-refractivity contribution in [3.63, 3.8) is 0 Å². The highest BCUT2D eigenvalue weighted by Crippen LogP contribution is 2.29. The molecule has 19 heavy (non-hydrogen) atoms. The van der Waals surface area contributed by atoms with Gasteiger partial charge in [-0.25, -0.2) is 0 Å². The molecule has 0 saturated heterocycles. The summed E-state index contributed by atoms with van der Waals surface area (Å²) in [6, 6.07) is 10.3. The molecule has 0 radical (unpaired) electrons. The molecule has 1 aromatic carbocycles. The highest BCUT2D eigenvalue weighted by atomic mass is 32.2. The Morgan fingerprint density at radius 1 is 1.42 bits per heavy atom. The number of hydrogen-bond acceptors (Lipinski definition) is 4. The first-order valence-corrected chi connectivity index (χ1v) is 7.75. The van der Waals surface area contributed by atoms with Crippen molar-refractivity contribution < 1.29 is 9.53 Å². The number of thioether (sulfide) groups is 1. The Bertz CT molecular complexity index is 540. The summed E-state index contributed by atoms with van der Waals surface area (Å²) in [7, 11) is 1.49. The van der Waals surface area contributed by atoms with Crippen LogP contribution < -0.4 is 5.73 Å². The fourth-order valence-corrected chi connectivity index (χ4v) is 3.32. The molecule has 2 aromatic rings. The number of primary amides is 1. The smallest absolute Gasteiger partial charge is 0.257 e. The number of ether oxygens (including phenoxy) is 1. The molecule has 0 aliphatic rings. The van der Waals surface area contributed by atoms with Crippen LogP contribution in [0, 0.1) is 0 Å². The average Bonchev–Trinajstić information content (AvgIpc) is 2.93. The first-order valence-electron chi connectivity index (χ1n) is 5.76. The van der Waals surface area contributed by atoms with Crippen LogP contribution >= 0.6 is 23.1 Å². The van der Waals surface area contributed by atoms with Gasteiger partial charge in [0.2, 0.25) is 0 Å². The molecule has 1 atom stereocenters. The molecule has 0 bridgehead atoms. The van der Waals surface area contributed by atoms with Crippen molar-refractivity contribution >= 4 is 29.0 Å². The van der Waals surface area contributed by atoms with E-state index in [1.165, 1.54) is 35.6 Å². The van der Waals surface area contributed by atoms with Crippen molar-refractivity contribution in [1.82, 2.24) is 0 Å². The van der Waals surface area contributed by atoms with E-state index in [2.05, 4.69) is 29.0 Å². The van der Waals surface area contributed by atoms with Crippen LogP contribution in [0.15, 0.2) is 41.1 Å². The van der Waals surface area contributed by atoms with Crippen LogP contribution in [0.2, 0.25) is 0 Å². The summed E-state index contributed by atoms with van der Waals surface area (Å²) >= 11 is 3.07. The van der Waals surface area contributed by atoms with Crippen molar-refractivity contribution in [2.24, 2.45) is 5.73 Å². The molecule has 1 amide bonds. The Morgan fingerprint density at radius 2 is 2.21 bits per heavy atom. The molecule has 100 valence electrons. The summed E-state index contributed by atoms with van der Waals surface area (Å²) in [6.45, 7) is 0. The zero-order chi connectivity index (χ0) is 13.7. The fourth-order valence-electron chi connectivity index (χ4n) is 1.78. The average molecular weight is 293 g/mol. The van der Waals surface area contributed by atoms with Gasteiger partial charge in [0, 0.05) is 12.9 Å². The summed E-state index contributed by atoms with van der Waals surface area (Å²) in [5.74, 6) is 0.244. The van der Waals surface area contributed by atoms with Crippen molar-refractivity contribution in [2.45, 2.75) is 11.2 Å². The maximum absolute atomic E-state index is 11.1. The molecule has 0 aliphatic heterocycles. The Kier molecular flexibility index (Phi) is 5.01. The number of hydrogen-bond donors (Lipinski definition) is 1. The van der Waals surface area contributed by atoms with E-state index in [0.29, 0.717) is 5.75 Å². The van der Waals surface area contributed by atoms with Crippen LogP contribution in [0.5, 0.6) is 0 Å². The van der Waals surface area contributed by atoms with Crippen molar-refractivity contribution in [3.05, 3.63) is 46.7 Å². The minimum Gasteiger partial charge on any atom is -0.367 e. The minimum atomic E-state index is -0.601. The molecule has 0 aliphatic carbocycles. The predicted octanol–water partition coefficient (Wildman–Crippen LogP) is 3.11. The van der Waals surface area contributed by atoms with E-state index >= 15 is 0 Å². The van der Waals surface area contributed by atoms with Gasteiger partial charge in [-0.15, -0.1) is 11.8 Å². The van der Waals surface area contributed by atoms with E-state index in [1.807, 2.05) is 12.1 Å². The highest BCUT2D eigenvalue weighted by molar-refractivity contribution is 7.99. The number of methoxy groups -OCH3 is 1. The molecule has 0 unspecified atom stereocenters. The molecule has 0 fully saturated rings. The van der Waals surface area contributed by atoms with Crippen LogP contribution in [0.25, 0.3) is 11.1 Å². The Labute approximate surface area is 120 Å². The van der Waals surface area contributed by atoms with Crippen LogP contribution in [0.4, 0.5) is 0 Å². The Hall–Kier alpha value is -1.30. The quantitative estimate of drug-likeness (QED) is 0.833. The maximum atomic E-state index is 11.1. The topological polar surface area (TPSA) is 52.3 Å². The van der Waals surface area contributed by atoms with Gasteiger partial charge in [0.15, 0.2) is 5.44 Å². The number of thiophene rings is 1.